The van der Waals surface area contributed by atoms with Crippen LogP contribution in [0, 0.1) is 5.92 Å². The molecule has 0 aromatic rings. The fourth-order valence-corrected chi connectivity index (χ4v) is 2.67. The molecule has 0 spiro atoms. The molecule has 2 N–H and O–H groups in total. The summed E-state index contributed by atoms with van der Waals surface area (Å²) in [6, 6.07) is 0. The van der Waals surface area contributed by atoms with Crippen LogP contribution in [0.2, 0.25) is 0 Å². The minimum absolute atomic E-state index is 0.0119. The fraction of sp³-hybridized carbons (Fsp3) is 0.714. The van der Waals surface area contributed by atoms with Crippen molar-refractivity contribution in [3.8, 4) is 0 Å². The number of piperidine rings is 1. The predicted octanol–water partition coefficient (Wildman–Crippen LogP) is 2.78. The van der Waals surface area contributed by atoms with Crippen LogP contribution in [0.25, 0.3) is 0 Å². The van der Waals surface area contributed by atoms with Gasteiger partial charge in [-0.15, -0.1) is 0 Å². The van der Waals surface area contributed by atoms with E-state index in [9.17, 15) is 13.2 Å². The fourth-order valence-electron chi connectivity index (χ4n) is 2.67. The molecule has 0 aromatic heterocycles. The van der Waals surface area contributed by atoms with Crippen LogP contribution in [-0.2, 0) is 0 Å². The van der Waals surface area contributed by atoms with E-state index in [-0.39, 0.29) is 6.42 Å². The topological polar surface area (TPSA) is 24.1 Å². The number of allylic oxidation sites excluding steroid dienone is 2. The Bertz CT molecular complexity index is 367. The van der Waals surface area contributed by atoms with E-state index in [2.05, 4.69) is 10.6 Å². The van der Waals surface area contributed by atoms with E-state index in [0.29, 0.717) is 5.92 Å². The summed E-state index contributed by atoms with van der Waals surface area (Å²) in [5.74, 6) is 0.562. The molecule has 0 bridgehead atoms. The molecule has 1 aliphatic heterocycles. The van der Waals surface area contributed by atoms with Gasteiger partial charge >= 0.3 is 6.18 Å². The number of rotatable bonds is 3. The van der Waals surface area contributed by atoms with E-state index in [1.54, 1.807) is 0 Å². The Labute approximate surface area is 112 Å². The molecule has 0 saturated carbocycles. The Kier molecular flexibility index (Phi) is 4.36. The highest BCUT2D eigenvalue weighted by Gasteiger charge is 2.38. The first-order valence-electron chi connectivity index (χ1n) is 6.80. The van der Waals surface area contributed by atoms with Crippen LogP contribution < -0.4 is 10.6 Å². The van der Waals surface area contributed by atoms with Gasteiger partial charge in [0.2, 0.25) is 0 Å². The highest BCUT2D eigenvalue weighted by Crippen LogP contribution is 2.35. The SMILES string of the molecule is CC1(NCC2CCNCC2)C=CC=C(C(F)(F)F)C1. The standard InChI is InChI=1S/C14H21F3N2/c1-13(19-10-11-4-7-18-8-5-11)6-2-3-12(9-13)14(15,16)17/h2-3,6,11,18-19H,4-5,7-10H2,1H3. The lowest BCUT2D eigenvalue weighted by Gasteiger charge is -2.34. The summed E-state index contributed by atoms with van der Waals surface area (Å²) in [7, 11) is 0. The third-order valence-corrected chi connectivity index (χ3v) is 3.94. The Hall–Kier alpha value is -0.810. The van der Waals surface area contributed by atoms with Crippen molar-refractivity contribution in [1.82, 2.24) is 10.6 Å². The van der Waals surface area contributed by atoms with E-state index in [1.165, 1.54) is 12.2 Å². The number of hydrogen-bond acceptors (Lipinski definition) is 2. The van der Waals surface area contributed by atoms with Crippen LogP contribution in [0.3, 0.4) is 0 Å². The molecule has 1 heterocycles. The maximum absolute atomic E-state index is 12.7. The second kappa shape index (κ2) is 5.67. The highest BCUT2D eigenvalue weighted by molar-refractivity contribution is 5.29. The average molecular weight is 274 g/mol. The lowest BCUT2D eigenvalue weighted by Crippen LogP contribution is -2.46. The van der Waals surface area contributed by atoms with Gasteiger partial charge in [0.15, 0.2) is 0 Å². The summed E-state index contributed by atoms with van der Waals surface area (Å²) in [6.45, 7) is 4.64. The monoisotopic (exact) mass is 274 g/mol. The average Bonchev–Trinajstić information content (AvgIpc) is 2.37. The quantitative estimate of drug-likeness (QED) is 0.827. The predicted molar refractivity (Wildman–Crippen MR) is 69.9 cm³/mol. The van der Waals surface area contributed by atoms with Gasteiger partial charge in [0.05, 0.1) is 0 Å². The van der Waals surface area contributed by atoms with E-state index in [4.69, 9.17) is 0 Å². The largest absolute Gasteiger partial charge is 0.412 e. The maximum Gasteiger partial charge on any atom is 0.412 e. The third kappa shape index (κ3) is 4.08. The molecular formula is C14H21F3N2. The number of halogens is 3. The lowest BCUT2D eigenvalue weighted by molar-refractivity contribution is -0.0957. The van der Waals surface area contributed by atoms with Crippen molar-refractivity contribution in [2.75, 3.05) is 19.6 Å². The first kappa shape index (κ1) is 14.6. The van der Waals surface area contributed by atoms with E-state index >= 15 is 0 Å². The van der Waals surface area contributed by atoms with Gasteiger partial charge in [0.25, 0.3) is 0 Å². The van der Waals surface area contributed by atoms with Crippen LogP contribution in [0.5, 0.6) is 0 Å². The van der Waals surface area contributed by atoms with Gasteiger partial charge in [-0.05, 0) is 51.7 Å². The summed E-state index contributed by atoms with van der Waals surface area (Å²) >= 11 is 0. The molecule has 1 fully saturated rings. The number of alkyl halides is 3. The van der Waals surface area contributed by atoms with Crippen LogP contribution in [0.1, 0.15) is 26.2 Å². The molecule has 0 amide bonds. The Morgan fingerprint density at radius 3 is 2.68 bits per heavy atom. The van der Waals surface area contributed by atoms with Crippen LogP contribution in [0.4, 0.5) is 13.2 Å². The van der Waals surface area contributed by atoms with Crippen LogP contribution in [-0.4, -0.2) is 31.3 Å². The van der Waals surface area contributed by atoms with Crippen molar-refractivity contribution in [3.05, 3.63) is 23.8 Å². The summed E-state index contributed by atoms with van der Waals surface area (Å²) in [6.07, 6.45) is 2.50. The Morgan fingerprint density at radius 1 is 1.37 bits per heavy atom. The first-order chi connectivity index (χ1) is 8.89. The molecule has 2 aliphatic rings. The molecule has 5 heteroatoms. The summed E-state index contributed by atoms with van der Waals surface area (Å²) in [5.41, 5.74) is -1.03. The minimum Gasteiger partial charge on any atom is -0.317 e. The number of hydrogen-bond donors (Lipinski definition) is 2. The van der Waals surface area contributed by atoms with Crippen LogP contribution in [0.15, 0.2) is 23.8 Å². The maximum atomic E-state index is 12.7. The van der Waals surface area contributed by atoms with Crippen molar-refractivity contribution in [2.24, 2.45) is 5.92 Å². The zero-order chi connectivity index (χ0) is 13.9. The van der Waals surface area contributed by atoms with Crippen molar-refractivity contribution < 1.29 is 13.2 Å². The Balaban J connectivity index is 1.89. The zero-order valence-corrected chi connectivity index (χ0v) is 11.2. The first-order valence-corrected chi connectivity index (χ1v) is 6.80. The summed E-state index contributed by atoms with van der Waals surface area (Å²) < 4.78 is 38.2. The third-order valence-electron chi connectivity index (χ3n) is 3.94. The normalized spacial score (nSPS) is 29.4. The minimum atomic E-state index is -4.22. The van der Waals surface area contributed by atoms with Crippen molar-refractivity contribution in [3.63, 3.8) is 0 Å². The zero-order valence-electron chi connectivity index (χ0n) is 11.2. The molecule has 1 aliphatic carbocycles. The van der Waals surface area contributed by atoms with E-state index in [1.807, 2.05) is 13.0 Å². The van der Waals surface area contributed by atoms with Gasteiger partial charge in [0.1, 0.15) is 0 Å². The van der Waals surface area contributed by atoms with Crippen molar-refractivity contribution in [1.29, 1.82) is 0 Å². The van der Waals surface area contributed by atoms with Gasteiger partial charge in [0, 0.05) is 11.1 Å². The van der Waals surface area contributed by atoms with Crippen molar-refractivity contribution in [2.45, 2.75) is 37.9 Å². The van der Waals surface area contributed by atoms with Gasteiger partial charge in [-0.3, -0.25) is 0 Å². The smallest absolute Gasteiger partial charge is 0.317 e. The lowest BCUT2D eigenvalue weighted by atomic mass is 9.87. The summed E-state index contributed by atoms with van der Waals surface area (Å²) in [4.78, 5) is 0. The molecular weight excluding hydrogens is 253 g/mol. The van der Waals surface area contributed by atoms with E-state index in [0.717, 1.165) is 32.5 Å². The molecule has 1 atom stereocenters. The molecule has 1 unspecified atom stereocenters. The van der Waals surface area contributed by atoms with E-state index < -0.39 is 17.3 Å². The molecule has 0 radical (unpaired) electrons. The van der Waals surface area contributed by atoms with Gasteiger partial charge in [-0.1, -0.05) is 18.2 Å². The molecule has 108 valence electrons. The highest BCUT2D eigenvalue weighted by atomic mass is 19.4. The second-order valence-electron chi connectivity index (χ2n) is 5.72. The molecule has 1 saturated heterocycles. The molecule has 2 rings (SSSR count). The molecule has 2 nitrogen and oxygen atoms in total. The molecule has 0 aromatic carbocycles. The van der Waals surface area contributed by atoms with Gasteiger partial charge < -0.3 is 10.6 Å². The van der Waals surface area contributed by atoms with Crippen molar-refractivity contribution >= 4 is 0 Å². The Morgan fingerprint density at radius 2 is 2.05 bits per heavy atom. The van der Waals surface area contributed by atoms with Gasteiger partial charge in [-0.2, -0.15) is 13.2 Å². The van der Waals surface area contributed by atoms with Gasteiger partial charge in [-0.25, -0.2) is 0 Å². The molecule has 19 heavy (non-hydrogen) atoms. The number of nitrogens with one attached hydrogen (secondary N) is 2. The van der Waals surface area contributed by atoms with Crippen LogP contribution >= 0.6 is 0 Å². The summed E-state index contributed by atoms with van der Waals surface area (Å²) in [5, 5.41) is 6.60. The second-order valence-corrected chi connectivity index (χ2v) is 5.72.